The maximum Gasteiger partial charge on any atom is 0.309 e. The number of aliphatic carboxylic acids is 1. The Bertz CT molecular complexity index is 513. The molecule has 2 rings (SSSR count). The summed E-state index contributed by atoms with van der Waals surface area (Å²) in [6.07, 6.45) is 2.81. The average Bonchev–Trinajstić information content (AvgIpc) is 2.35. The van der Waals surface area contributed by atoms with Crippen molar-refractivity contribution in [3.63, 3.8) is 0 Å². The monoisotopic (exact) mass is 282 g/mol. The predicted molar refractivity (Wildman–Crippen MR) is 72.4 cm³/mol. The van der Waals surface area contributed by atoms with Crippen LogP contribution in [0.3, 0.4) is 0 Å². The van der Waals surface area contributed by atoms with Gasteiger partial charge in [0.1, 0.15) is 11.6 Å². The lowest BCUT2D eigenvalue weighted by molar-refractivity contribution is -0.152. The van der Waals surface area contributed by atoms with Gasteiger partial charge in [-0.3, -0.25) is 4.79 Å². The van der Waals surface area contributed by atoms with Gasteiger partial charge in [-0.2, -0.15) is 0 Å². The van der Waals surface area contributed by atoms with Gasteiger partial charge in [-0.05, 0) is 49.1 Å². The van der Waals surface area contributed by atoms with E-state index < -0.39 is 23.0 Å². The molecule has 0 amide bonds. The molecule has 0 spiro atoms. The third-order valence-electron chi connectivity index (χ3n) is 4.56. The molecule has 1 N–H and O–H groups in total. The number of carboxylic acids is 1. The summed E-state index contributed by atoms with van der Waals surface area (Å²) in [4.78, 5) is 11.7. The predicted octanol–water partition coefficient (Wildman–Crippen LogP) is 4.18. The summed E-state index contributed by atoms with van der Waals surface area (Å²) < 4.78 is 26.7. The first-order valence-electron chi connectivity index (χ1n) is 6.92. The highest BCUT2D eigenvalue weighted by atomic mass is 19.1. The molecule has 0 unspecified atom stereocenters. The lowest BCUT2D eigenvalue weighted by Crippen LogP contribution is -2.39. The quantitative estimate of drug-likeness (QED) is 0.903. The number of halogens is 2. The van der Waals surface area contributed by atoms with Crippen LogP contribution >= 0.6 is 0 Å². The van der Waals surface area contributed by atoms with E-state index in [1.165, 1.54) is 12.1 Å². The van der Waals surface area contributed by atoms with Crippen molar-refractivity contribution in [2.24, 2.45) is 10.8 Å². The van der Waals surface area contributed by atoms with Crippen LogP contribution in [0.4, 0.5) is 8.78 Å². The summed E-state index contributed by atoms with van der Waals surface area (Å²) in [5.41, 5.74) is -0.498. The van der Waals surface area contributed by atoms with Crippen LogP contribution in [0.1, 0.15) is 45.1 Å². The molecule has 1 aliphatic carbocycles. The first kappa shape index (κ1) is 14.9. The van der Waals surface area contributed by atoms with Gasteiger partial charge in [-0.1, -0.05) is 19.9 Å². The molecule has 110 valence electrons. The fourth-order valence-electron chi connectivity index (χ4n) is 2.90. The topological polar surface area (TPSA) is 37.3 Å². The first-order valence-corrected chi connectivity index (χ1v) is 6.92. The second-order valence-electron chi connectivity index (χ2n) is 6.66. The fraction of sp³-hybridized carbons (Fsp3) is 0.562. The summed E-state index contributed by atoms with van der Waals surface area (Å²) >= 11 is 0. The molecule has 2 nitrogen and oxygen atoms in total. The number of hydrogen-bond donors (Lipinski definition) is 1. The summed E-state index contributed by atoms with van der Waals surface area (Å²) in [6, 6.07) is 3.35. The lowest BCUT2D eigenvalue weighted by atomic mass is 9.63. The van der Waals surface area contributed by atoms with Gasteiger partial charge in [0.25, 0.3) is 0 Å². The van der Waals surface area contributed by atoms with Crippen molar-refractivity contribution in [3.8, 4) is 0 Å². The van der Waals surface area contributed by atoms with Gasteiger partial charge in [0.15, 0.2) is 0 Å². The van der Waals surface area contributed by atoms with Gasteiger partial charge in [-0.25, -0.2) is 8.78 Å². The Labute approximate surface area is 117 Å². The van der Waals surface area contributed by atoms with E-state index in [2.05, 4.69) is 13.8 Å². The third-order valence-corrected chi connectivity index (χ3v) is 4.56. The number of benzene rings is 1. The zero-order valence-electron chi connectivity index (χ0n) is 11.9. The van der Waals surface area contributed by atoms with E-state index in [1.54, 1.807) is 0 Å². The summed E-state index contributed by atoms with van der Waals surface area (Å²) in [7, 11) is 0. The lowest BCUT2D eigenvalue weighted by Gasteiger charge is -2.41. The van der Waals surface area contributed by atoms with Crippen LogP contribution in [0.2, 0.25) is 0 Å². The van der Waals surface area contributed by atoms with Crippen molar-refractivity contribution in [2.45, 2.75) is 46.0 Å². The first-order chi connectivity index (χ1) is 9.24. The Hall–Kier alpha value is -1.45. The Morgan fingerprint density at radius 3 is 2.30 bits per heavy atom. The Balaban J connectivity index is 2.24. The van der Waals surface area contributed by atoms with E-state index in [0.29, 0.717) is 12.8 Å². The number of rotatable bonds is 3. The highest BCUT2D eigenvalue weighted by molar-refractivity contribution is 5.75. The molecule has 1 aromatic rings. The molecule has 0 bridgehead atoms. The normalized spacial score (nSPS) is 20.6. The summed E-state index contributed by atoms with van der Waals surface area (Å²) in [6.45, 7) is 4.24. The van der Waals surface area contributed by atoms with Crippen LogP contribution < -0.4 is 0 Å². The van der Waals surface area contributed by atoms with E-state index in [9.17, 15) is 18.7 Å². The Morgan fingerprint density at radius 2 is 1.80 bits per heavy atom. The van der Waals surface area contributed by atoms with E-state index in [4.69, 9.17) is 0 Å². The van der Waals surface area contributed by atoms with Crippen molar-refractivity contribution < 1.29 is 18.7 Å². The molecule has 20 heavy (non-hydrogen) atoms. The largest absolute Gasteiger partial charge is 0.481 e. The molecular weight excluding hydrogens is 262 g/mol. The van der Waals surface area contributed by atoms with Gasteiger partial charge in [-0.15, -0.1) is 0 Å². The summed E-state index contributed by atoms with van der Waals surface area (Å²) in [5.74, 6) is -2.17. The van der Waals surface area contributed by atoms with Crippen LogP contribution in [0, 0.1) is 22.5 Å². The molecule has 0 aliphatic heterocycles. The van der Waals surface area contributed by atoms with Crippen molar-refractivity contribution in [1.29, 1.82) is 0 Å². The molecular formula is C16H20F2O2. The van der Waals surface area contributed by atoms with Gasteiger partial charge < -0.3 is 5.11 Å². The van der Waals surface area contributed by atoms with Crippen molar-refractivity contribution in [1.82, 2.24) is 0 Å². The maximum atomic E-state index is 13.8. The van der Waals surface area contributed by atoms with Crippen LogP contribution in [0.25, 0.3) is 0 Å². The molecule has 1 aromatic carbocycles. The molecule has 0 aromatic heterocycles. The molecule has 0 radical (unpaired) electrons. The van der Waals surface area contributed by atoms with Crippen LogP contribution in [-0.2, 0) is 11.2 Å². The van der Waals surface area contributed by atoms with E-state index in [-0.39, 0.29) is 17.4 Å². The number of carbonyl (C=O) groups is 1. The maximum absolute atomic E-state index is 13.8. The number of carboxylic acid groups (broad SMARTS) is 1. The molecule has 0 atom stereocenters. The molecule has 1 saturated carbocycles. The molecule has 1 aliphatic rings. The smallest absolute Gasteiger partial charge is 0.309 e. The van der Waals surface area contributed by atoms with Crippen LogP contribution in [0.5, 0.6) is 0 Å². The second kappa shape index (κ2) is 5.15. The second-order valence-corrected chi connectivity index (χ2v) is 6.66. The van der Waals surface area contributed by atoms with Gasteiger partial charge in [0.2, 0.25) is 0 Å². The summed E-state index contributed by atoms with van der Waals surface area (Å²) in [5, 5.41) is 9.57. The fourth-order valence-corrected chi connectivity index (χ4v) is 2.90. The highest BCUT2D eigenvalue weighted by Crippen LogP contribution is 2.47. The van der Waals surface area contributed by atoms with Crippen molar-refractivity contribution in [2.75, 3.05) is 0 Å². The van der Waals surface area contributed by atoms with Crippen molar-refractivity contribution in [3.05, 3.63) is 35.4 Å². The third kappa shape index (κ3) is 3.00. The zero-order valence-corrected chi connectivity index (χ0v) is 11.9. The van der Waals surface area contributed by atoms with E-state index in [1.807, 2.05) is 0 Å². The Morgan fingerprint density at radius 1 is 1.20 bits per heavy atom. The Kier molecular flexibility index (Phi) is 3.85. The van der Waals surface area contributed by atoms with Crippen molar-refractivity contribution >= 4 is 5.97 Å². The van der Waals surface area contributed by atoms with Gasteiger partial charge in [0.05, 0.1) is 5.41 Å². The minimum absolute atomic E-state index is 0.129. The molecule has 0 heterocycles. The highest BCUT2D eigenvalue weighted by Gasteiger charge is 2.44. The van der Waals surface area contributed by atoms with E-state index >= 15 is 0 Å². The number of hydrogen-bond acceptors (Lipinski definition) is 1. The molecule has 1 fully saturated rings. The minimum atomic E-state index is -0.922. The van der Waals surface area contributed by atoms with Crippen LogP contribution in [0.15, 0.2) is 18.2 Å². The van der Waals surface area contributed by atoms with E-state index in [0.717, 1.165) is 18.9 Å². The molecule has 0 saturated heterocycles. The zero-order chi connectivity index (χ0) is 15.0. The van der Waals surface area contributed by atoms with Crippen LogP contribution in [-0.4, -0.2) is 11.1 Å². The van der Waals surface area contributed by atoms with Gasteiger partial charge in [0, 0.05) is 6.07 Å². The minimum Gasteiger partial charge on any atom is -0.481 e. The average molecular weight is 282 g/mol. The standard InChI is InChI=1S/C16H20F2O2/c1-15(2)5-7-16(8-6-15,14(19)20)10-11-3-4-12(17)9-13(11)18/h3-4,9H,5-8,10H2,1-2H3,(H,19,20). The molecule has 4 heteroatoms. The van der Waals surface area contributed by atoms with Gasteiger partial charge >= 0.3 is 5.97 Å². The SMILES string of the molecule is CC1(C)CCC(Cc2ccc(F)cc2F)(C(=O)O)CC1.